The second-order valence-electron chi connectivity index (χ2n) is 13.5. The maximum atomic E-state index is 13.3. The summed E-state index contributed by atoms with van der Waals surface area (Å²) in [6.45, 7) is 19.8. The summed E-state index contributed by atoms with van der Waals surface area (Å²) in [7, 11) is 0. The van der Waals surface area contributed by atoms with Gasteiger partial charge in [0.2, 0.25) is 0 Å². The summed E-state index contributed by atoms with van der Waals surface area (Å²) in [5.41, 5.74) is 2.55. The van der Waals surface area contributed by atoms with Gasteiger partial charge in [-0.05, 0) is 77.2 Å². The van der Waals surface area contributed by atoms with Crippen LogP contribution in [0.15, 0.2) is 36.4 Å². The Hall–Kier alpha value is -2.16. The Bertz CT molecular complexity index is 1090. The molecule has 4 atom stereocenters. The molecule has 0 radical (unpaired) electrons. The zero-order valence-electron chi connectivity index (χ0n) is 23.3. The lowest BCUT2D eigenvalue weighted by Crippen LogP contribution is -2.52. The molecule has 2 aliphatic rings. The molecule has 0 saturated heterocycles. The highest BCUT2D eigenvalue weighted by molar-refractivity contribution is 6.25. The van der Waals surface area contributed by atoms with E-state index in [2.05, 4.69) is 55.4 Å². The van der Waals surface area contributed by atoms with Crippen LogP contribution < -0.4 is 0 Å². The Morgan fingerprint density at radius 1 is 0.914 bits per heavy atom. The topological polar surface area (TPSA) is 37.4 Å². The molecule has 0 aromatic heterocycles. The van der Waals surface area contributed by atoms with E-state index in [1.54, 1.807) is 0 Å². The number of amides is 2. The number of rotatable bonds is 8. The molecule has 3 heteroatoms. The summed E-state index contributed by atoms with van der Waals surface area (Å²) >= 11 is 0. The van der Waals surface area contributed by atoms with E-state index in [0.29, 0.717) is 39.8 Å². The summed E-state index contributed by atoms with van der Waals surface area (Å²) in [6.07, 6.45) is 7.03. The van der Waals surface area contributed by atoms with Gasteiger partial charge in [-0.2, -0.15) is 0 Å². The predicted octanol–water partition coefficient (Wildman–Crippen LogP) is 8.51. The van der Waals surface area contributed by atoms with Gasteiger partial charge in [-0.1, -0.05) is 86.1 Å². The average molecular weight is 476 g/mol. The number of carbonyl (C=O) groups is 2. The molecular formula is C32H45NO2. The summed E-state index contributed by atoms with van der Waals surface area (Å²) in [4.78, 5) is 28.0. The SMILES string of the molecule is CCC(C)(CC1(C)CCC1(C)CC(C)CCN1C(=O)c2cccc3cccc(c23)C1=O)C(C)(C)C. The number of imide groups is 1. The molecule has 0 N–H and O–H groups in total. The van der Waals surface area contributed by atoms with Crippen LogP contribution in [0.25, 0.3) is 10.8 Å². The van der Waals surface area contributed by atoms with Gasteiger partial charge < -0.3 is 0 Å². The minimum atomic E-state index is -0.143. The van der Waals surface area contributed by atoms with E-state index >= 15 is 0 Å². The van der Waals surface area contributed by atoms with Crippen LogP contribution in [0.4, 0.5) is 0 Å². The summed E-state index contributed by atoms with van der Waals surface area (Å²) < 4.78 is 0. The van der Waals surface area contributed by atoms with Crippen molar-refractivity contribution in [1.29, 1.82) is 0 Å². The van der Waals surface area contributed by atoms with Gasteiger partial charge in [0.1, 0.15) is 0 Å². The Morgan fingerprint density at radius 3 is 1.91 bits per heavy atom. The number of hydrogen-bond acceptors (Lipinski definition) is 2. The maximum absolute atomic E-state index is 13.3. The second-order valence-corrected chi connectivity index (χ2v) is 13.5. The maximum Gasteiger partial charge on any atom is 0.261 e. The smallest absolute Gasteiger partial charge is 0.261 e. The van der Waals surface area contributed by atoms with Gasteiger partial charge in [-0.15, -0.1) is 0 Å². The van der Waals surface area contributed by atoms with Crippen LogP contribution in [0.5, 0.6) is 0 Å². The van der Waals surface area contributed by atoms with Gasteiger partial charge in [-0.3, -0.25) is 14.5 Å². The first kappa shape index (κ1) is 25.9. The first-order valence-electron chi connectivity index (χ1n) is 13.6. The molecule has 190 valence electrons. The monoisotopic (exact) mass is 475 g/mol. The average Bonchev–Trinajstić information content (AvgIpc) is 2.80. The van der Waals surface area contributed by atoms with Crippen LogP contribution >= 0.6 is 0 Å². The Kier molecular flexibility index (Phi) is 6.48. The van der Waals surface area contributed by atoms with E-state index in [1.807, 2.05) is 36.4 Å². The van der Waals surface area contributed by atoms with Crippen molar-refractivity contribution < 1.29 is 9.59 Å². The van der Waals surface area contributed by atoms with Gasteiger partial charge in [0, 0.05) is 23.1 Å². The van der Waals surface area contributed by atoms with Crippen LogP contribution in [0.2, 0.25) is 0 Å². The number of nitrogens with zero attached hydrogens (tertiary/aromatic N) is 1. The molecule has 2 aromatic carbocycles. The Balaban J connectivity index is 1.44. The van der Waals surface area contributed by atoms with Crippen molar-refractivity contribution in [2.75, 3.05) is 6.54 Å². The highest BCUT2D eigenvalue weighted by Gasteiger charge is 2.56. The van der Waals surface area contributed by atoms with Crippen molar-refractivity contribution in [3.05, 3.63) is 47.5 Å². The standard InChI is InChI=1S/C32H45NO2/c1-9-30(6,29(3,4)5)21-32(8)18-17-31(32,7)20-22(2)16-19-33-27(34)24-14-10-12-23-13-11-15-25(26(23)24)28(33)35/h10-15,22H,9,16-21H2,1-8H3. The predicted molar refractivity (Wildman–Crippen MR) is 146 cm³/mol. The van der Waals surface area contributed by atoms with Crippen LogP contribution in [-0.4, -0.2) is 23.3 Å². The van der Waals surface area contributed by atoms with Crippen molar-refractivity contribution in [1.82, 2.24) is 4.90 Å². The molecule has 35 heavy (non-hydrogen) atoms. The summed E-state index contributed by atoms with van der Waals surface area (Å²) in [5, 5.41) is 1.77. The molecule has 1 fully saturated rings. The number of hydrogen-bond donors (Lipinski definition) is 0. The van der Waals surface area contributed by atoms with E-state index in [9.17, 15) is 9.59 Å². The lowest BCUT2D eigenvalue weighted by atomic mass is 9.43. The van der Waals surface area contributed by atoms with E-state index < -0.39 is 0 Å². The van der Waals surface area contributed by atoms with Crippen LogP contribution in [0, 0.1) is 27.6 Å². The van der Waals surface area contributed by atoms with E-state index in [1.165, 1.54) is 30.6 Å². The first-order chi connectivity index (χ1) is 16.3. The third-order valence-corrected chi connectivity index (χ3v) is 10.6. The van der Waals surface area contributed by atoms with Crippen LogP contribution in [-0.2, 0) is 0 Å². The third kappa shape index (κ3) is 4.23. The Morgan fingerprint density at radius 2 is 1.46 bits per heavy atom. The zero-order chi connectivity index (χ0) is 25.8. The minimum absolute atomic E-state index is 0.143. The molecule has 3 nitrogen and oxygen atoms in total. The van der Waals surface area contributed by atoms with E-state index in [4.69, 9.17) is 0 Å². The molecule has 1 aliphatic heterocycles. The van der Waals surface area contributed by atoms with Gasteiger partial charge >= 0.3 is 0 Å². The molecule has 1 heterocycles. The zero-order valence-corrected chi connectivity index (χ0v) is 23.3. The van der Waals surface area contributed by atoms with Gasteiger partial charge in [-0.25, -0.2) is 0 Å². The normalized spacial score (nSPS) is 27.0. The van der Waals surface area contributed by atoms with Crippen molar-refractivity contribution in [3.63, 3.8) is 0 Å². The molecule has 4 rings (SSSR count). The minimum Gasteiger partial charge on any atom is -0.274 e. The quantitative estimate of drug-likeness (QED) is 0.359. The van der Waals surface area contributed by atoms with Crippen molar-refractivity contribution in [2.24, 2.45) is 27.6 Å². The Labute approximate surface area is 212 Å². The highest BCUT2D eigenvalue weighted by Crippen LogP contribution is 2.66. The number of benzene rings is 2. The lowest BCUT2D eigenvalue weighted by molar-refractivity contribution is -0.117. The van der Waals surface area contributed by atoms with Crippen molar-refractivity contribution >= 4 is 22.6 Å². The first-order valence-corrected chi connectivity index (χ1v) is 13.6. The largest absolute Gasteiger partial charge is 0.274 e. The van der Waals surface area contributed by atoms with E-state index in [0.717, 1.165) is 23.6 Å². The van der Waals surface area contributed by atoms with Gasteiger partial charge in [0.15, 0.2) is 0 Å². The lowest BCUT2D eigenvalue weighted by Gasteiger charge is -2.62. The van der Waals surface area contributed by atoms with E-state index in [-0.39, 0.29) is 17.2 Å². The fourth-order valence-electron chi connectivity index (χ4n) is 6.91. The third-order valence-electron chi connectivity index (χ3n) is 10.6. The van der Waals surface area contributed by atoms with Gasteiger partial charge in [0.05, 0.1) is 0 Å². The van der Waals surface area contributed by atoms with Crippen LogP contribution in [0.1, 0.15) is 115 Å². The molecule has 4 unspecified atom stereocenters. The van der Waals surface area contributed by atoms with Crippen molar-refractivity contribution in [2.45, 2.75) is 93.9 Å². The van der Waals surface area contributed by atoms with Crippen LogP contribution in [0.3, 0.4) is 0 Å². The molecule has 1 saturated carbocycles. The van der Waals surface area contributed by atoms with Gasteiger partial charge in [0.25, 0.3) is 11.8 Å². The molecule has 0 bridgehead atoms. The molecule has 2 amide bonds. The summed E-state index contributed by atoms with van der Waals surface area (Å²) in [6, 6.07) is 11.5. The fraction of sp³-hybridized carbons (Fsp3) is 0.625. The van der Waals surface area contributed by atoms with Crippen molar-refractivity contribution in [3.8, 4) is 0 Å². The molecule has 0 spiro atoms. The fourth-order valence-corrected chi connectivity index (χ4v) is 6.91. The molecule has 1 aliphatic carbocycles. The number of carbonyl (C=O) groups excluding carboxylic acids is 2. The summed E-state index contributed by atoms with van der Waals surface area (Å²) in [5.74, 6) is 0.167. The second kappa shape index (κ2) is 8.75. The highest BCUT2D eigenvalue weighted by atomic mass is 16.2. The molecule has 2 aromatic rings. The molecular weight excluding hydrogens is 430 g/mol.